The molecule has 0 bridgehead atoms. The predicted octanol–water partition coefficient (Wildman–Crippen LogP) is 3.51. The number of fused-ring (bicyclic) bond motifs is 1. The maximum atomic E-state index is 5.54. The lowest BCUT2D eigenvalue weighted by Gasteiger charge is -2.28. The highest BCUT2D eigenvalue weighted by molar-refractivity contribution is 6.45. The van der Waals surface area contributed by atoms with E-state index in [0.717, 1.165) is 34.4 Å². The number of amidine groups is 2. The topological polar surface area (TPSA) is 52.5 Å². The van der Waals surface area contributed by atoms with Gasteiger partial charge in [-0.1, -0.05) is 24.3 Å². The third kappa shape index (κ3) is 3.26. The summed E-state index contributed by atoms with van der Waals surface area (Å²) in [6.07, 6.45) is 3.79. The monoisotopic (exact) mass is 361 g/mol. The fourth-order valence-electron chi connectivity index (χ4n) is 3.38. The Bertz CT molecular complexity index is 932. The molecule has 2 aliphatic rings. The van der Waals surface area contributed by atoms with Crippen molar-refractivity contribution in [3.05, 3.63) is 66.5 Å². The number of nitrogens with one attached hydrogen (secondary N) is 1. The van der Waals surface area contributed by atoms with Gasteiger partial charge < -0.3 is 19.9 Å². The number of methoxy groups -OCH3 is 1. The number of nitrogens with zero attached hydrogens (tertiary/aromatic N) is 4. The minimum Gasteiger partial charge on any atom is -0.496 e. The van der Waals surface area contributed by atoms with Crippen LogP contribution in [-0.2, 0) is 0 Å². The molecule has 1 atom stereocenters. The lowest BCUT2D eigenvalue weighted by atomic mass is 10.0. The second-order valence-electron chi connectivity index (χ2n) is 6.67. The van der Waals surface area contributed by atoms with Crippen molar-refractivity contribution >= 4 is 23.0 Å². The molecule has 2 aromatic carbocycles. The molecular formula is C21H23N5O. The van der Waals surface area contributed by atoms with E-state index in [-0.39, 0.29) is 6.04 Å². The predicted molar refractivity (Wildman–Crippen MR) is 111 cm³/mol. The van der Waals surface area contributed by atoms with Gasteiger partial charge in [0.25, 0.3) is 0 Å². The van der Waals surface area contributed by atoms with E-state index in [0.29, 0.717) is 6.54 Å². The van der Waals surface area contributed by atoms with Gasteiger partial charge in [0.1, 0.15) is 5.75 Å². The van der Waals surface area contributed by atoms with Gasteiger partial charge in [-0.15, -0.1) is 0 Å². The van der Waals surface area contributed by atoms with E-state index in [1.165, 1.54) is 0 Å². The van der Waals surface area contributed by atoms with Crippen molar-refractivity contribution in [1.29, 1.82) is 0 Å². The Hall–Kier alpha value is -3.28. The number of para-hydroxylation sites is 1. The first-order valence-electron chi connectivity index (χ1n) is 8.92. The molecule has 0 aromatic heterocycles. The third-order valence-electron chi connectivity index (χ3n) is 4.76. The van der Waals surface area contributed by atoms with Gasteiger partial charge in [-0.25, -0.2) is 4.99 Å². The highest BCUT2D eigenvalue weighted by Crippen LogP contribution is 2.34. The van der Waals surface area contributed by atoms with E-state index in [2.05, 4.69) is 38.3 Å². The Morgan fingerprint density at radius 2 is 2.00 bits per heavy atom. The molecule has 0 fully saturated rings. The van der Waals surface area contributed by atoms with Crippen molar-refractivity contribution in [2.45, 2.75) is 6.04 Å². The standard InChI is InChI=1S/C21H23N5O/c1-25(2)16-8-6-7-15(13-16)24-20-21-23-14-18(26(21)12-11-22-20)17-9-4-5-10-19(17)27-3/h4-13,18H,14H2,1-3H3,(H,22,24). The summed E-state index contributed by atoms with van der Waals surface area (Å²) in [5, 5.41) is 3.42. The lowest BCUT2D eigenvalue weighted by molar-refractivity contribution is 0.385. The fourth-order valence-corrected chi connectivity index (χ4v) is 3.38. The molecule has 0 aliphatic carbocycles. The van der Waals surface area contributed by atoms with Gasteiger partial charge in [0.2, 0.25) is 0 Å². The van der Waals surface area contributed by atoms with Crippen LogP contribution in [-0.4, -0.2) is 44.3 Å². The summed E-state index contributed by atoms with van der Waals surface area (Å²) in [4.78, 5) is 13.5. The largest absolute Gasteiger partial charge is 0.496 e. The SMILES string of the molecule is COc1ccccc1C1CN=C2C(Nc3cccc(N(C)C)c3)=NC=CN21. The molecule has 0 radical (unpaired) electrons. The van der Waals surface area contributed by atoms with Crippen LogP contribution >= 0.6 is 0 Å². The minimum absolute atomic E-state index is 0.104. The van der Waals surface area contributed by atoms with Gasteiger partial charge in [-0.05, 0) is 24.3 Å². The first-order valence-corrected chi connectivity index (χ1v) is 8.92. The minimum atomic E-state index is 0.104. The maximum Gasteiger partial charge on any atom is 0.173 e. The van der Waals surface area contributed by atoms with E-state index in [4.69, 9.17) is 9.73 Å². The number of aliphatic imine (C=N–C) groups is 2. The zero-order valence-electron chi connectivity index (χ0n) is 15.8. The zero-order valence-corrected chi connectivity index (χ0v) is 15.8. The first-order chi connectivity index (χ1) is 13.2. The lowest BCUT2D eigenvalue weighted by Crippen LogP contribution is -2.37. The average Bonchev–Trinajstić information content (AvgIpc) is 3.13. The molecule has 1 unspecified atom stereocenters. The number of anilines is 2. The molecule has 6 heteroatoms. The highest BCUT2D eigenvalue weighted by atomic mass is 16.5. The van der Waals surface area contributed by atoms with Crippen molar-refractivity contribution in [2.24, 2.45) is 9.98 Å². The molecule has 4 rings (SSSR count). The number of hydrogen-bond donors (Lipinski definition) is 1. The van der Waals surface area contributed by atoms with E-state index in [1.807, 2.05) is 56.8 Å². The molecule has 0 saturated heterocycles. The zero-order chi connectivity index (χ0) is 18.8. The molecule has 2 aromatic rings. The summed E-state index contributed by atoms with van der Waals surface area (Å²) in [6.45, 7) is 0.665. The summed E-state index contributed by atoms with van der Waals surface area (Å²) in [5.74, 6) is 2.48. The molecule has 2 aliphatic heterocycles. The van der Waals surface area contributed by atoms with E-state index in [9.17, 15) is 0 Å². The van der Waals surface area contributed by atoms with Gasteiger partial charge in [0.05, 0.1) is 19.7 Å². The second-order valence-corrected chi connectivity index (χ2v) is 6.67. The van der Waals surface area contributed by atoms with Crippen LogP contribution in [0.25, 0.3) is 0 Å². The van der Waals surface area contributed by atoms with E-state index >= 15 is 0 Å². The Morgan fingerprint density at radius 3 is 2.81 bits per heavy atom. The molecule has 27 heavy (non-hydrogen) atoms. The van der Waals surface area contributed by atoms with Crippen LogP contribution in [0.15, 0.2) is 70.9 Å². The van der Waals surface area contributed by atoms with Crippen LogP contribution < -0.4 is 15.0 Å². The number of rotatable bonds is 4. The Kier molecular flexibility index (Phi) is 4.54. The molecular weight excluding hydrogens is 338 g/mol. The van der Waals surface area contributed by atoms with E-state index in [1.54, 1.807) is 7.11 Å². The smallest absolute Gasteiger partial charge is 0.173 e. The molecule has 6 nitrogen and oxygen atoms in total. The average molecular weight is 361 g/mol. The molecule has 138 valence electrons. The Labute approximate surface area is 159 Å². The third-order valence-corrected chi connectivity index (χ3v) is 4.76. The van der Waals surface area contributed by atoms with Gasteiger partial charge in [-0.2, -0.15) is 0 Å². The van der Waals surface area contributed by atoms with Crippen LogP contribution in [0.4, 0.5) is 11.4 Å². The van der Waals surface area contributed by atoms with Crippen molar-refractivity contribution < 1.29 is 4.74 Å². The summed E-state index contributed by atoms with van der Waals surface area (Å²) >= 11 is 0. The van der Waals surface area contributed by atoms with E-state index < -0.39 is 0 Å². The van der Waals surface area contributed by atoms with Gasteiger partial charge >= 0.3 is 0 Å². The van der Waals surface area contributed by atoms with Crippen LogP contribution in [0.3, 0.4) is 0 Å². The highest BCUT2D eigenvalue weighted by Gasteiger charge is 2.33. The van der Waals surface area contributed by atoms with Crippen LogP contribution in [0.1, 0.15) is 11.6 Å². The summed E-state index contributed by atoms with van der Waals surface area (Å²) in [5.41, 5.74) is 3.24. The van der Waals surface area contributed by atoms with Crippen molar-refractivity contribution in [1.82, 2.24) is 4.90 Å². The first kappa shape index (κ1) is 17.1. The normalized spacial score (nSPS) is 17.9. The van der Waals surface area contributed by atoms with Crippen molar-refractivity contribution in [3.63, 3.8) is 0 Å². The number of ether oxygens (including phenoxy) is 1. The second kappa shape index (κ2) is 7.15. The van der Waals surface area contributed by atoms with Gasteiger partial charge in [-0.3, -0.25) is 4.99 Å². The molecule has 0 saturated carbocycles. The summed E-state index contributed by atoms with van der Waals surface area (Å²) < 4.78 is 5.54. The fraction of sp³-hybridized carbons (Fsp3) is 0.238. The van der Waals surface area contributed by atoms with Crippen molar-refractivity contribution in [3.8, 4) is 5.75 Å². The summed E-state index contributed by atoms with van der Waals surface area (Å²) in [6, 6.07) is 16.4. The Balaban J connectivity index is 1.58. The van der Waals surface area contributed by atoms with Crippen LogP contribution in [0.5, 0.6) is 5.75 Å². The molecule has 2 heterocycles. The molecule has 0 spiro atoms. The van der Waals surface area contributed by atoms with Crippen molar-refractivity contribution in [2.75, 3.05) is 38.0 Å². The summed E-state index contributed by atoms with van der Waals surface area (Å²) in [7, 11) is 5.76. The Morgan fingerprint density at radius 1 is 1.15 bits per heavy atom. The maximum absolute atomic E-state index is 5.54. The number of hydrogen-bond acceptors (Lipinski definition) is 6. The van der Waals surface area contributed by atoms with Gasteiger partial charge in [0.15, 0.2) is 11.7 Å². The number of benzene rings is 2. The molecule has 0 amide bonds. The van der Waals surface area contributed by atoms with Crippen LogP contribution in [0, 0.1) is 0 Å². The van der Waals surface area contributed by atoms with Crippen LogP contribution in [0.2, 0.25) is 0 Å². The van der Waals surface area contributed by atoms with Gasteiger partial charge in [0, 0.05) is 43.4 Å². The molecule has 1 N–H and O–H groups in total. The quantitative estimate of drug-likeness (QED) is 0.905.